The van der Waals surface area contributed by atoms with Crippen molar-refractivity contribution in [3.05, 3.63) is 77.2 Å². The first-order valence-electron chi connectivity index (χ1n) is 6.58. The van der Waals surface area contributed by atoms with Gasteiger partial charge in [-0.15, -0.1) is 0 Å². The van der Waals surface area contributed by atoms with Gasteiger partial charge < -0.3 is 5.32 Å². The van der Waals surface area contributed by atoms with Crippen LogP contribution in [0.25, 0.3) is 0 Å². The molecule has 0 aromatic heterocycles. The predicted molar refractivity (Wildman–Crippen MR) is 77.2 cm³/mol. The second-order valence-electron chi connectivity index (χ2n) is 4.83. The van der Waals surface area contributed by atoms with Crippen LogP contribution in [-0.2, 0) is 6.42 Å². The Hall–Kier alpha value is -2.42. The summed E-state index contributed by atoms with van der Waals surface area (Å²) in [4.78, 5) is 12.1. The number of anilines is 1. The Morgan fingerprint density at radius 1 is 1.10 bits per heavy atom. The lowest BCUT2D eigenvalue weighted by Gasteiger charge is -2.20. The Morgan fingerprint density at radius 2 is 1.90 bits per heavy atom. The molecule has 2 aromatic rings. The van der Waals surface area contributed by atoms with Crippen LogP contribution in [0.3, 0.4) is 0 Å². The van der Waals surface area contributed by atoms with E-state index in [1.165, 1.54) is 12.1 Å². The summed E-state index contributed by atoms with van der Waals surface area (Å²) in [5.74, 6) is -0.239. The molecule has 0 radical (unpaired) electrons. The Bertz CT molecular complexity index is 677. The van der Waals surface area contributed by atoms with Crippen LogP contribution >= 0.6 is 0 Å². The van der Waals surface area contributed by atoms with Crippen LogP contribution in [0.1, 0.15) is 22.3 Å². The van der Waals surface area contributed by atoms with Crippen molar-refractivity contribution in [2.75, 3.05) is 5.32 Å². The van der Waals surface area contributed by atoms with Gasteiger partial charge in [-0.1, -0.05) is 30.3 Å². The molecule has 1 aliphatic rings. The number of rotatable bonds is 2. The van der Waals surface area contributed by atoms with Crippen molar-refractivity contribution >= 4 is 11.5 Å². The predicted octanol–water partition coefficient (Wildman–Crippen LogP) is 3.95. The zero-order chi connectivity index (χ0) is 13.9. The number of hydrogen-bond donors (Lipinski definition) is 1. The van der Waals surface area contributed by atoms with Crippen molar-refractivity contribution in [3.8, 4) is 0 Å². The van der Waals surface area contributed by atoms with Gasteiger partial charge in [0.25, 0.3) is 0 Å². The third kappa shape index (κ3) is 2.62. The lowest BCUT2D eigenvalue weighted by atomic mass is 9.99. The summed E-state index contributed by atoms with van der Waals surface area (Å²) in [6.07, 6.45) is 3.09. The summed E-state index contributed by atoms with van der Waals surface area (Å²) in [5.41, 5.74) is 3.38. The van der Waals surface area contributed by atoms with Gasteiger partial charge in [0.1, 0.15) is 5.82 Å². The first kappa shape index (κ1) is 12.6. The van der Waals surface area contributed by atoms with Gasteiger partial charge in [-0.3, -0.25) is 4.79 Å². The minimum atomic E-state index is -0.224. The topological polar surface area (TPSA) is 29.1 Å². The van der Waals surface area contributed by atoms with E-state index in [4.69, 9.17) is 0 Å². The normalized spacial score (nSPS) is 15.6. The maximum atomic E-state index is 13.1. The number of carbonyl (C=O) groups is 1. The summed E-state index contributed by atoms with van der Waals surface area (Å²) in [7, 11) is 0. The smallest absolute Gasteiger partial charge is 0.187 e. The lowest BCUT2D eigenvalue weighted by Crippen LogP contribution is -2.12. The SMILES string of the molecule is O=C(/C=C1/CCc2cc(F)ccc2N1)c1ccccc1. The molecule has 0 spiro atoms. The molecule has 0 atom stereocenters. The number of ketones is 1. The van der Waals surface area contributed by atoms with E-state index in [1.807, 2.05) is 18.2 Å². The number of allylic oxidation sites excluding steroid dienone is 2. The van der Waals surface area contributed by atoms with Gasteiger partial charge in [0.05, 0.1) is 0 Å². The van der Waals surface area contributed by atoms with Gasteiger partial charge in [0, 0.05) is 23.0 Å². The maximum Gasteiger partial charge on any atom is 0.187 e. The number of hydrogen-bond acceptors (Lipinski definition) is 2. The van der Waals surface area contributed by atoms with E-state index in [2.05, 4.69) is 5.32 Å². The van der Waals surface area contributed by atoms with Crippen LogP contribution in [0.15, 0.2) is 60.3 Å². The third-order valence-corrected chi connectivity index (χ3v) is 3.39. The quantitative estimate of drug-likeness (QED) is 0.659. The molecular weight excluding hydrogens is 253 g/mol. The zero-order valence-electron chi connectivity index (χ0n) is 10.9. The second-order valence-corrected chi connectivity index (χ2v) is 4.83. The molecule has 0 aliphatic carbocycles. The molecule has 2 nitrogen and oxygen atoms in total. The van der Waals surface area contributed by atoms with Crippen LogP contribution in [0, 0.1) is 5.82 Å². The molecule has 0 saturated carbocycles. The average Bonchev–Trinajstić information content (AvgIpc) is 2.48. The standard InChI is InChI=1S/C17H14FNO/c18-14-7-9-16-13(10-14)6-8-15(19-16)11-17(20)12-4-2-1-3-5-12/h1-5,7,9-11,19H,6,8H2/b15-11-. The molecule has 1 aliphatic heterocycles. The highest BCUT2D eigenvalue weighted by atomic mass is 19.1. The zero-order valence-corrected chi connectivity index (χ0v) is 10.9. The van der Waals surface area contributed by atoms with Gasteiger partial charge >= 0.3 is 0 Å². The summed E-state index contributed by atoms with van der Waals surface area (Å²) in [5, 5.41) is 3.20. The molecular formula is C17H14FNO. The number of benzene rings is 2. The van der Waals surface area contributed by atoms with Crippen molar-refractivity contribution < 1.29 is 9.18 Å². The molecule has 0 fully saturated rings. The monoisotopic (exact) mass is 267 g/mol. The Morgan fingerprint density at radius 3 is 2.70 bits per heavy atom. The largest absolute Gasteiger partial charge is 0.359 e. The highest BCUT2D eigenvalue weighted by molar-refractivity contribution is 6.05. The molecule has 20 heavy (non-hydrogen) atoms. The van der Waals surface area contributed by atoms with Crippen molar-refractivity contribution in [2.45, 2.75) is 12.8 Å². The van der Waals surface area contributed by atoms with E-state index < -0.39 is 0 Å². The molecule has 0 amide bonds. The van der Waals surface area contributed by atoms with Crippen LogP contribution in [0.2, 0.25) is 0 Å². The Balaban J connectivity index is 1.81. The molecule has 1 N–H and O–H groups in total. The Kier molecular flexibility index (Phi) is 3.33. The number of halogens is 1. The van der Waals surface area contributed by atoms with Gasteiger partial charge in [-0.2, -0.15) is 0 Å². The minimum Gasteiger partial charge on any atom is -0.359 e. The molecule has 2 aromatic carbocycles. The second kappa shape index (κ2) is 5.29. The average molecular weight is 267 g/mol. The molecule has 0 saturated heterocycles. The van der Waals surface area contributed by atoms with Crippen LogP contribution in [0.4, 0.5) is 10.1 Å². The summed E-state index contributed by atoms with van der Waals surface area (Å²) in [6.45, 7) is 0. The van der Waals surface area contributed by atoms with Crippen LogP contribution in [0.5, 0.6) is 0 Å². The van der Waals surface area contributed by atoms with Gasteiger partial charge in [-0.05, 0) is 36.6 Å². The van der Waals surface area contributed by atoms with Crippen molar-refractivity contribution in [1.29, 1.82) is 0 Å². The molecule has 1 heterocycles. The Labute approximate surface area is 116 Å². The minimum absolute atomic E-state index is 0.0151. The fourth-order valence-corrected chi connectivity index (χ4v) is 2.35. The molecule has 0 bridgehead atoms. The van der Waals surface area contributed by atoms with E-state index in [0.717, 1.165) is 29.8 Å². The fraction of sp³-hybridized carbons (Fsp3) is 0.118. The first-order valence-corrected chi connectivity index (χ1v) is 6.58. The highest BCUT2D eigenvalue weighted by Crippen LogP contribution is 2.27. The van der Waals surface area contributed by atoms with Crippen molar-refractivity contribution in [2.24, 2.45) is 0 Å². The number of carbonyl (C=O) groups excluding carboxylic acids is 1. The van der Waals surface area contributed by atoms with E-state index >= 15 is 0 Å². The fourth-order valence-electron chi connectivity index (χ4n) is 2.35. The van der Waals surface area contributed by atoms with Gasteiger partial charge in [0.2, 0.25) is 0 Å². The van der Waals surface area contributed by atoms with Crippen LogP contribution in [-0.4, -0.2) is 5.78 Å². The number of nitrogens with one attached hydrogen (secondary N) is 1. The van der Waals surface area contributed by atoms with E-state index in [1.54, 1.807) is 24.3 Å². The van der Waals surface area contributed by atoms with E-state index in [0.29, 0.717) is 5.56 Å². The number of aryl methyl sites for hydroxylation is 1. The van der Waals surface area contributed by atoms with Gasteiger partial charge in [-0.25, -0.2) is 4.39 Å². The van der Waals surface area contributed by atoms with Gasteiger partial charge in [0.15, 0.2) is 5.78 Å². The highest BCUT2D eigenvalue weighted by Gasteiger charge is 2.14. The van der Waals surface area contributed by atoms with E-state index in [9.17, 15) is 9.18 Å². The van der Waals surface area contributed by atoms with Crippen molar-refractivity contribution in [3.63, 3.8) is 0 Å². The first-order chi connectivity index (χ1) is 9.72. The molecule has 100 valence electrons. The summed E-state index contributed by atoms with van der Waals surface area (Å²) < 4.78 is 13.1. The maximum absolute atomic E-state index is 13.1. The summed E-state index contributed by atoms with van der Waals surface area (Å²) >= 11 is 0. The molecule has 3 heteroatoms. The van der Waals surface area contributed by atoms with Crippen LogP contribution < -0.4 is 5.32 Å². The summed E-state index contributed by atoms with van der Waals surface area (Å²) in [6, 6.07) is 13.8. The molecule has 0 unspecified atom stereocenters. The number of fused-ring (bicyclic) bond motifs is 1. The third-order valence-electron chi connectivity index (χ3n) is 3.39. The van der Waals surface area contributed by atoms with Crippen molar-refractivity contribution in [1.82, 2.24) is 0 Å². The molecule has 3 rings (SSSR count). The lowest BCUT2D eigenvalue weighted by molar-refractivity contribution is 0.104. The van der Waals surface area contributed by atoms with E-state index in [-0.39, 0.29) is 11.6 Å².